The summed E-state index contributed by atoms with van der Waals surface area (Å²) in [6, 6.07) is 19.1. The van der Waals surface area contributed by atoms with Crippen molar-refractivity contribution in [3.05, 3.63) is 66.2 Å². The monoisotopic (exact) mass is 334 g/mol. The number of aromatic nitrogens is 2. The van der Waals surface area contributed by atoms with Gasteiger partial charge in [-0.3, -0.25) is 0 Å². The van der Waals surface area contributed by atoms with Gasteiger partial charge in [0.1, 0.15) is 11.3 Å². The molecular weight excluding hydrogens is 316 g/mol. The van der Waals surface area contributed by atoms with Crippen molar-refractivity contribution in [2.75, 3.05) is 12.0 Å². The molecule has 126 valence electrons. The molecule has 0 saturated carbocycles. The molecule has 0 spiro atoms. The highest BCUT2D eigenvalue weighted by atomic mass is 16.5. The second-order valence-electron chi connectivity index (χ2n) is 5.24. The minimum absolute atomic E-state index is 0.178. The van der Waals surface area contributed by atoms with E-state index in [9.17, 15) is 4.79 Å². The van der Waals surface area contributed by atoms with Crippen LogP contribution >= 0.6 is 0 Å². The number of anilines is 1. The summed E-state index contributed by atoms with van der Waals surface area (Å²) in [5.41, 5.74) is 5.62. The zero-order chi connectivity index (χ0) is 17.6. The van der Waals surface area contributed by atoms with Crippen molar-refractivity contribution in [1.29, 1.82) is 0 Å². The predicted molar refractivity (Wildman–Crippen MR) is 96.7 cm³/mol. The maximum atomic E-state index is 12.6. The number of nitrogens with two attached hydrogens (primary N) is 1. The third-order valence-electron chi connectivity index (χ3n) is 3.70. The van der Waals surface area contributed by atoms with E-state index in [0.29, 0.717) is 11.3 Å². The zero-order valence-electron chi connectivity index (χ0n) is 13.8. The molecule has 3 aromatic rings. The maximum Gasteiger partial charge on any atom is 0.342 e. The number of hydrogen-bond acceptors (Lipinski definition) is 6. The predicted octanol–water partition coefficient (Wildman–Crippen LogP) is 3.27. The van der Waals surface area contributed by atoms with Crippen molar-refractivity contribution in [2.45, 2.75) is 6.92 Å². The lowest BCUT2D eigenvalue weighted by Crippen LogP contribution is -2.18. The molecule has 0 unspecified atom stereocenters. The quantitative estimate of drug-likeness (QED) is 0.423. The smallest absolute Gasteiger partial charge is 0.342 e. The van der Waals surface area contributed by atoms with Gasteiger partial charge in [0.05, 0.1) is 6.61 Å². The Balaban J connectivity index is 2.33. The Morgan fingerprint density at radius 1 is 1.00 bits per heavy atom. The Morgan fingerprint density at radius 3 is 2.16 bits per heavy atom. The van der Waals surface area contributed by atoms with E-state index in [1.165, 1.54) is 0 Å². The molecule has 0 bridgehead atoms. The molecule has 0 aliphatic rings. The Bertz CT molecular complexity index is 867. The molecule has 0 aliphatic carbocycles. The number of nitrogen functional groups attached to an aromatic ring is 1. The van der Waals surface area contributed by atoms with E-state index in [1.54, 1.807) is 6.92 Å². The van der Waals surface area contributed by atoms with Crippen molar-refractivity contribution < 1.29 is 9.53 Å². The van der Waals surface area contributed by atoms with E-state index < -0.39 is 5.97 Å². The van der Waals surface area contributed by atoms with E-state index in [2.05, 4.69) is 15.6 Å². The average molecular weight is 334 g/mol. The normalized spacial score (nSPS) is 10.3. The first-order valence-corrected chi connectivity index (χ1v) is 7.91. The summed E-state index contributed by atoms with van der Waals surface area (Å²) >= 11 is 0. The number of nitrogens with one attached hydrogen (secondary N) is 1. The fraction of sp³-hybridized carbons (Fsp3) is 0.105. The Hall–Kier alpha value is -3.25. The van der Waals surface area contributed by atoms with Gasteiger partial charge in [0, 0.05) is 11.1 Å². The lowest BCUT2D eigenvalue weighted by Gasteiger charge is -2.16. The second-order valence-corrected chi connectivity index (χ2v) is 5.24. The van der Waals surface area contributed by atoms with Gasteiger partial charge in [-0.15, -0.1) is 10.2 Å². The molecule has 0 radical (unpaired) electrons. The molecule has 0 saturated heterocycles. The summed E-state index contributed by atoms with van der Waals surface area (Å²) in [7, 11) is 0. The Kier molecular flexibility index (Phi) is 5.01. The van der Waals surface area contributed by atoms with Gasteiger partial charge in [-0.05, 0) is 12.5 Å². The van der Waals surface area contributed by atoms with Crippen LogP contribution in [-0.2, 0) is 4.74 Å². The number of hydrazine groups is 1. The number of hydrogen-bond donors (Lipinski definition) is 2. The number of esters is 1. The molecule has 6 nitrogen and oxygen atoms in total. The van der Waals surface area contributed by atoms with Crippen LogP contribution in [0.25, 0.3) is 22.4 Å². The van der Waals surface area contributed by atoms with Crippen molar-refractivity contribution in [2.24, 2.45) is 5.84 Å². The van der Waals surface area contributed by atoms with Crippen molar-refractivity contribution in [1.82, 2.24) is 10.2 Å². The third kappa shape index (κ3) is 3.34. The maximum absolute atomic E-state index is 12.6. The van der Waals surface area contributed by atoms with Crippen LogP contribution in [0, 0.1) is 0 Å². The molecule has 0 aliphatic heterocycles. The summed E-state index contributed by atoms with van der Waals surface area (Å²) in [6.07, 6.45) is 0. The number of ether oxygens (including phenoxy) is 1. The summed E-state index contributed by atoms with van der Waals surface area (Å²) in [5, 5.41) is 8.38. The van der Waals surface area contributed by atoms with Crippen LogP contribution in [0.3, 0.4) is 0 Å². The number of rotatable bonds is 5. The lowest BCUT2D eigenvalue weighted by atomic mass is 9.95. The van der Waals surface area contributed by atoms with Gasteiger partial charge in [0.15, 0.2) is 5.82 Å². The topological polar surface area (TPSA) is 90.1 Å². The molecule has 25 heavy (non-hydrogen) atoms. The van der Waals surface area contributed by atoms with Crippen LogP contribution in [0.2, 0.25) is 0 Å². The van der Waals surface area contributed by atoms with Gasteiger partial charge in [-0.1, -0.05) is 60.7 Å². The minimum atomic E-state index is -0.499. The standard InChI is InChI=1S/C19H18N4O2/c1-2-25-19(24)16-15(13-9-5-3-6-10-13)17(22-23-18(16)21-20)14-11-7-4-8-12-14/h3-12H,2,20H2,1H3,(H,21,23). The van der Waals surface area contributed by atoms with Crippen LogP contribution in [-0.4, -0.2) is 22.8 Å². The highest BCUT2D eigenvalue weighted by Crippen LogP contribution is 2.35. The second kappa shape index (κ2) is 7.55. The zero-order valence-corrected chi connectivity index (χ0v) is 13.8. The molecule has 1 heterocycles. The van der Waals surface area contributed by atoms with Crippen LogP contribution in [0.4, 0.5) is 5.82 Å². The number of carbonyl (C=O) groups is 1. The van der Waals surface area contributed by atoms with E-state index in [-0.39, 0.29) is 18.0 Å². The van der Waals surface area contributed by atoms with E-state index in [0.717, 1.165) is 11.1 Å². The molecule has 0 atom stereocenters. The Morgan fingerprint density at radius 2 is 1.60 bits per heavy atom. The highest BCUT2D eigenvalue weighted by Gasteiger charge is 2.25. The first-order chi connectivity index (χ1) is 12.3. The fourth-order valence-electron chi connectivity index (χ4n) is 2.62. The molecule has 3 N–H and O–H groups in total. The van der Waals surface area contributed by atoms with Crippen molar-refractivity contribution >= 4 is 11.8 Å². The van der Waals surface area contributed by atoms with E-state index >= 15 is 0 Å². The van der Waals surface area contributed by atoms with Gasteiger partial charge in [0.25, 0.3) is 0 Å². The summed E-state index contributed by atoms with van der Waals surface area (Å²) in [6.45, 7) is 2.00. The van der Waals surface area contributed by atoms with Gasteiger partial charge < -0.3 is 10.2 Å². The average Bonchev–Trinajstić information content (AvgIpc) is 2.68. The molecule has 2 aromatic carbocycles. The van der Waals surface area contributed by atoms with E-state index in [1.807, 2.05) is 60.7 Å². The first-order valence-electron chi connectivity index (χ1n) is 7.91. The number of benzene rings is 2. The van der Waals surface area contributed by atoms with Crippen LogP contribution in [0.1, 0.15) is 17.3 Å². The SMILES string of the molecule is CCOC(=O)c1c(NN)nnc(-c2ccccc2)c1-c1ccccc1. The van der Waals surface area contributed by atoms with Gasteiger partial charge in [0.2, 0.25) is 0 Å². The number of carbonyl (C=O) groups excluding carboxylic acids is 1. The fourth-order valence-corrected chi connectivity index (χ4v) is 2.62. The van der Waals surface area contributed by atoms with Gasteiger partial charge in [-0.25, -0.2) is 10.6 Å². The molecular formula is C19H18N4O2. The molecule has 6 heteroatoms. The van der Waals surface area contributed by atoms with Crippen LogP contribution in [0.5, 0.6) is 0 Å². The largest absolute Gasteiger partial charge is 0.462 e. The summed E-state index contributed by atoms with van der Waals surface area (Å²) in [5.74, 6) is 5.24. The first kappa shape index (κ1) is 16.6. The Labute approximate surface area is 145 Å². The molecule has 1 aromatic heterocycles. The molecule has 3 rings (SSSR count). The number of nitrogens with zero attached hydrogens (tertiary/aromatic N) is 2. The summed E-state index contributed by atoms with van der Waals surface area (Å²) in [4.78, 5) is 12.6. The highest BCUT2D eigenvalue weighted by molar-refractivity contribution is 6.05. The third-order valence-corrected chi connectivity index (χ3v) is 3.70. The van der Waals surface area contributed by atoms with Crippen molar-refractivity contribution in [3.8, 4) is 22.4 Å². The minimum Gasteiger partial charge on any atom is -0.462 e. The van der Waals surface area contributed by atoms with Gasteiger partial charge >= 0.3 is 5.97 Å². The van der Waals surface area contributed by atoms with Gasteiger partial charge in [-0.2, -0.15) is 0 Å². The lowest BCUT2D eigenvalue weighted by molar-refractivity contribution is 0.0528. The van der Waals surface area contributed by atoms with Crippen LogP contribution in [0.15, 0.2) is 60.7 Å². The summed E-state index contributed by atoms with van der Waals surface area (Å²) < 4.78 is 5.22. The van der Waals surface area contributed by atoms with Crippen LogP contribution < -0.4 is 11.3 Å². The van der Waals surface area contributed by atoms with Crippen molar-refractivity contribution in [3.63, 3.8) is 0 Å². The molecule has 0 amide bonds. The van der Waals surface area contributed by atoms with E-state index in [4.69, 9.17) is 10.6 Å². The molecule has 0 fully saturated rings.